The normalized spacial score (nSPS) is 23.2. The van der Waals surface area contributed by atoms with E-state index in [0.717, 1.165) is 23.6 Å². The van der Waals surface area contributed by atoms with E-state index in [4.69, 9.17) is 4.42 Å². The largest absolute Gasteiger partial charge is 0.438 e. The van der Waals surface area contributed by atoms with Crippen LogP contribution in [0, 0.1) is 5.92 Å². The first-order valence-corrected chi connectivity index (χ1v) is 8.58. The molecule has 0 aliphatic heterocycles. The molecule has 0 spiro atoms. The summed E-state index contributed by atoms with van der Waals surface area (Å²) in [6.07, 6.45) is 4.21. The number of rotatable bonds is 4. The summed E-state index contributed by atoms with van der Waals surface area (Å²) in [6, 6.07) is 2.85. The van der Waals surface area contributed by atoms with Crippen LogP contribution in [0.5, 0.6) is 0 Å². The van der Waals surface area contributed by atoms with Gasteiger partial charge in [0.15, 0.2) is 5.76 Å². The zero-order valence-corrected chi connectivity index (χ0v) is 13.4. The van der Waals surface area contributed by atoms with Gasteiger partial charge in [0.05, 0.1) is 0 Å². The van der Waals surface area contributed by atoms with E-state index in [0.29, 0.717) is 5.92 Å². The molecule has 0 radical (unpaired) electrons. The molecule has 1 aliphatic rings. The van der Waals surface area contributed by atoms with Gasteiger partial charge in [0, 0.05) is 20.1 Å². The van der Waals surface area contributed by atoms with Crippen LogP contribution in [0.4, 0.5) is 0 Å². The Labute approximate surface area is 125 Å². The SMILES string of the molecule is C[C@H]1CCC[C@@H](NC(=O)c2ccc(S(=O)(=O)N(C)C)o2)C1. The lowest BCUT2D eigenvalue weighted by atomic mass is 9.87. The molecule has 1 N–H and O–H groups in total. The van der Waals surface area contributed by atoms with Crippen LogP contribution < -0.4 is 5.32 Å². The Hall–Kier alpha value is -1.34. The maximum Gasteiger partial charge on any atom is 0.287 e. The predicted octanol–water partition coefficient (Wildman–Crippen LogP) is 1.84. The minimum Gasteiger partial charge on any atom is -0.438 e. The van der Waals surface area contributed by atoms with Gasteiger partial charge in [-0.25, -0.2) is 12.7 Å². The van der Waals surface area contributed by atoms with Crippen LogP contribution in [-0.4, -0.2) is 38.8 Å². The fraction of sp³-hybridized carbons (Fsp3) is 0.643. The van der Waals surface area contributed by atoms with E-state index in [1.807, 2.05) is 0 Å². The van der Waals surface area contributed by atoms with Crippen molar-refractivity contribution in [3.63, 3.8) is 0 Å². The number of hydrogen-bond acceptors (Lipinski definition) is 4. The van der Waals surface area contributed by atoms with Gasteiger partial charge in [-0.1, -0.05) is 19.8 Å². The van der Waals surface area contributed by atoms with Crippen molar-refractivity contribution < 1.29 is 17.6 Å². The lowest BCUT2D eigenvalue weighted by molar-refractivity contribution is 0.0887. The Morgan fingerprint density at radius 3 is 2.67 bits per heavy atom. The molecule has 118 valence electrons. The highest BCUT2D eigenvalue weighted by atomic mass is 32.2. The Morgan fingerprint density at radius 2 is 2.05 bits per heavy atom. The summed E-state index contributed by atoms with van der Waals surface area (Å²) in [4.78, 5) is 12.1. The average Bonchev–Trinajstić information content (AvgIpc) is 2.88. The topological polar surface area (TPSA) is 79.6 Å². The highest BCUT2D eigenvalue weighted by Crippen LogP contribution is 2.24. The third kappa shape index (κ3) is 3.65. The second-order valence-corrected chi connectivity index (χ2v) is 7.93. The van der Waals surface area contributed by atoms with Crippen LogP contribution in [0.15, 0.2) is 21.6 Å². The van der Waals surface area contributed by atoms with Gasteiger partial charge >= 0.3 is 0 Å². The third-order valence-electron chi connectivity index (χ3n) is 3.81. The van der Waals surface area contributed by atoms with Crippen LogP contribution in [0.3, 0.4) is 0 Å². The molecule has 7 heteroatoms. The number of nitrogens with zero attached hydrogens (tertiary/aromatic N) is 1. The van der Waals surface area contributed by atoms with E-state index < -0.39 is 10.0 Å². The minimum atomic E-state index is -3.64. The summed E-state index contributed by atoms with van der Waals surface area (Å²) >= 11 is 0. The molecule has 21 heavy (non-hydrogen) atoms. The molecule has 0 unspecified atom stereocenters. The zero-order valence-electron chi connectivity index (χ0n) is 12.6. The van der Waals surface area contributed by atoms with Gasteiger partial charge < -0.3 is 9.73 Å². The number of sulfonamides is 1. The van der Waals surface area contributed by atoms with Crippen LogP contribution in [-0.2, 0) is 10.0 Å². The molecule has 1 aromatic heterocycles. The molecule has 0 aromatic carbocycles. The standard InChI is InChI=1S/C14H22N2O4S/c1-10-5-4-6-11(9-10)15-14(17)12-7-8-13(20-12)21(18,19)16(2)3/h7-8,10-11H,4-6,9H2,1-3H3,(H,15,17)/t10-,11+/m0/s1. The van der Waals surface area contributed by atoms with Crippen molar-refractivity contribution in [3.05, 3.63) is 17.9 Å². The molecule has 1 fully saturated rings. The lowest BCUT2D eigenvalue weighted by Crippen LogP contribution is -2.37. The summed E-state index contributed by atoms with van der Waals surface area (Å²) in [7, 11) is -0.809. The predicted molar refractivity (Wildman–Crippen MR) is 78.5 cm³/mol. The van der Waals surface area contributed by atoms with Crippen LogP contribution >= 0.6 is 0 Å². The van der Waals surface area contributed by atoms with E-state index in [1.165, 1.54) is 32.6 Å². The van der Waals surface area contributed by atoms with E-state index in [2.05, 4.69) is 12.2 Å². The van der Waals surface area contributed by atoms with Crippen LogP contribution in [0.1, 0.15) is 43.2 Å². The minimum absolute atomic E-state index is 0.0358. The fourth-order valence-corrected chi connectivity index (χ4v) is 3.38. The highest BCUT2D eigenvalue weighted by Gasteiger charge is 2.25. The van der Waals surface area contributed by atoms with Crippen molar-refractivity contribution in [2.24, 2.45) is 5.92 Å². The van der Waals surface area contributed by atoms with Crippen molar-refractivity contribution in [2.45, 2.75) is 43.7 Å². The van der Waals surface area contributed by atoms with Crippen molar-refractivity contribution in [3.8, 4) is 0 Å². The highest BCUT2D eigenvalue weighted by molar-refractivity contribution is 7.88. The smallest absolute Gasteiger partial charge is 0.287 e. The molecule has 6 nitrogen and oxygen atoms in total. The number of amides is 1. The Balaban J connectivity index is 2.06. The number of nitrogens with one attached hydrogen (secondary N) is 1. The zero-order chi connectivity index (χ0) is 15.6. The van der Waals surface area contributed by atoms with Gasteiger partial charge in [-0.3, -0.25) is 4.79 Å². The van der Waals surface area contributed by atoms with E-state index in [-0.39, 0.29) is 22.8 Å². The molecule has 2 atom stereocenters. The maximum absolute atomic E-state index is 12.1. The molecular formula is C14H22N2O4S. The summed E-state index contributed by atoms with van der Waals surface area (Å²) < 4.78 is 30.1. The van der Waals surface area contributed by atoms with E-state index >= 15 is 0 Å². The van der Waals surface area contributed by atoms with Crippen molar-refractivity contribution in [1.29, 1.82) is 0 Å². The Kier molecular flexibility index (Phi) is 4.73. The lowest BCUT2D eigenvalue weighted by Gasteiger charge is -2.27. The molecular weight excluding hydrogens is 292 g/mol. The average molecular weight is 314 g/mol. The molecule has 1 saturated carbocycles. The van der Waals surface area contributed by atoms with Gasteiger partial charge in [-0.2, -0.15) is 0 Å². The molecule has 0 bridgehead atoms. The molecule has 1 heterocycles. The summed E-state index contributed by atoms with van der Waals surface area (Å²) in [5.41, 5.74) is 0. The van der Waals surface area contributed by atoms with Crippen molar-refractivity contribution >= 4 is 15.9 Å². The van der Waals surface area contributed by atoms with Gasteiger partial charge in [0.1, 0.15) is 0 Å². The number of hydrogen-bond donors (Lipinski definition) is 1. The van der Waals surface area contributed by atoms with Crippen LogP contribution in [0.2, 0.25) is 0 Å². The fourth-order valence-electron chi connectivity index (χ4n) is 2.58. The Morgan fingerprint density at radius 1 is 1.33 bits per heavy atom. The first-order chi connectivity index (χ1) is 9.80. The van der Waals surface area contributed by atoms with Gasteiger partial charge in [-0.05, 0) is 30.9 Å². The second kappa shape index (κ2) is 6.19. The van der Waals surface area contributed by atoms with Crippen molar-refractivity contribution in [1.82, 2.24) is 9.62 Å². The van der Waals surface area contributed by atoms with E-state index in [1.54, 1.807) is 0 Å². The quantitative estimate of drug-likeness (QED) is 0.919. The van der Waals surface area contributed by atoms with Gasteiger partial charge in [-0.15, -0.1) is 0 Å². The first-order valence-electron chi connectivity index (χ1n) is 7.14. The molecule has 0 saturated heterocycles. The molecule has 2 rings (SSSR count). The summed E-state index contributed by atoms with van der Waals surface area (Å²) in [6.45, 7) is 2.17. The monoisotopic (exact) mass is 314 g/mol. The number of furan rings is 1. The number of carbonyl (C=O) groups is 1. The van der Waals surface area contributed by atoms with Crippen LogP contribution in [0.25, 0.3) is 0 Å². The number of carbonyl (C=O) groups excluding carboxylic acids is 1. The summed E-state index contributed by atoms with van der Waals surface area (Å²) in [5, 5.41) is 2.71. The first kappa shape index (κ1) is 16.0. The summed E-state index contributed by atoms with van der Waals surface area (Å²) in [5.74, 6) is 0.285. The van der Waals surface area contributed by atoms with Crippen molar-refractivity contribution in [2.75, 3.05) is 14.1 Å². The third-order valence-corrected chi connectivity index (χ3v) is 5.50. The molecule has 1 aliphatic carbocycles. The van der Waals surface area contributed by atoms with Gasteiger partial charge in [0.2, 0.25) is 5.09 Å². The second-order valence-electron chi connectivity index (χ2n) is 5.85. The Bertz CT molecular complexity index is 606. The van der Waals surface area contributed by atoms with Gasteiger partial charge in [0.25, 0.3) is 15.9 Å². The van der Waals surface area contributed by atoms with E-state index in [9.17, 15) is 13.2 Å². The maximum atomic E-state index is 12.1. The molecule has 1 aromatic rings. The molecule has 1 amide bonds.